The van der Waals surface area contributed by atoms with Crippen molar-refractivity contribution in [2.75, 3.05) is 25.1 Å². The van der Waals surface area contributed by atoms with Crippen LogP contribution in [0.5, 0.6) is 11.5 Å². The van der Waals surface area contributed by atoms with Crippen molar-refractivity contribution in [2.24, 2.45) is 0 Å². The van der Waals surface area contributed by atoms with E-state index in [0.29, 0.717) is 0 Å². The van der Waals surface area contributed by atoms with Gasteiger partial charge in [0, 0.05) is 11.8 Å². The first-order chi connectivity index (χ1) is 12.9. The molecule has 0 saturated carbocycles. The predicted molar refractivity (Wildman–Crippen MR) is 89.4 cm³/mol. The summed E-state index contributed by atoms with van der Waals surface area (Å²) in [6, 6.07) is 7.35. The van der Waals surface area contributed by atoms with Gasteiger partial charge in [0.2, 0.25) is 0 Å². The van der Waals surface area contributed by atoms with Gasteiger partial charge in [-0.15, -0.1) is 0 Å². The molecule has 9 nitrogen and oxygen atoms in total. The summed E-state index contributed by atoms with van der Waals surface area (Å²) in [5.41, 5.74) is -0.723. The van der Waals surface area contributed by atoms with Crippen LogP contribution in [0.25, 0.3) is 0 Å². The molecule has 0 aromatic heterocycles. The van der Waals surface area contributed by atoms with Crippen LogP contribution in [0, 0.1) is 15.9 Å². The standard InChI is InChI=1S/C17H13FN2O7/c18-10-2-1-3-11(6-10)19-16(21)9-27-17(22)12-7-14-15(26-5-4-25-14)8-13(12)20(23)24/h1-3,6-8H,4-5,9H2,(H,19,21). The Hall–Kier alpha value is -3.69. The lowest BCUT2D eigenvalue weighted by molar-refractivity contribution is -0.385. The van der Waals surface area contributed by atoms with Gasteiger partial charge in [-0.25, -0.2) is 9.18 Å². The van der Waals surface area contributed by atoms with E-state index in [2.05, 4.69) is 5.32 Å². The van der Waals surface area contributed by atoms with Crippen molar-refractivity contribution in [3.8, 4) is 11.5 Å². The number of amides is 1. The van der Waals surface area contributed by atoms with Crippen molar-refractivity contribution in [3.63, 3.8) is 0 Å². The van der Waals surface area contributed by atoms with Gasteiger partial charge in [0.25, 0.3) is 11.6 Å². The van der Waals surface area contributed by atoms with E-state index in [9.17, 15) is 24.1 Å². The van der Waals surface area contributed by atoms with Crippen LogP contribution in [0.2, 0.25) is 0 Å². The number of fused-ring (bicyclic) bond motifs is 1. The first kappa shape index (κ1) is 18.1. The van der Waals surface area contributed by atoms with Crippen molar-refractivity contribution < 1.29 is 33.1 Å². The van der Waals surface area contributed by atoms with Crippen LogP contribution in [0.3, 0.4) is 0 Å². The second-order valence-electron chi connectivity index (χ2n) is 5.40. The molecule has 2 aromatic carbocycles. The maximum absolute atomic E-state index is 13.1. The summed E-state index contributed by atoms with van der Waals surface area (Å²) in [4.78, 5) is 34.5. The molecule has 0 spiro atoms. The molecule has 140 valence electrons. The van der Waals surface area contributed by atoms with E-state index in [-0.39, 0.29) is 36.0 Å². The van der Waals surface area contributed by atoms with E-state index < -0.39 is 34.9 Å². The quantitative estimate of drug-likeness (QED) is 0.483. The van der Waals surface area contributed by atoms with E-state index in [0.717, 1.165) is 18.2 Å². The number of halogens is 1. The average molecular weight is 376 g/mol. The number of esters is 1. The summed E-state index contributed by atoms with van der Waals surface area (Å²) in [6.45, 7) is -0.246. The Morgan fingerprint density at radius 3 is 2.56 bits per heavy atom. The molecule has 0 atom stereocenters. The number of carbonyl (C=O) groups is 2. The van der Waals surface area contributed by atoms with Gasteiger partial charge in [0.1, 0.15) is 24.6 Å². The third-order valence-corrected chi connectivity index (χ3v) is 3.52. The lowest BCUT2D eigenvalue weighted by Gasteiger charge is -2.18. The van der Waals surface area contributed by atoms with Gasteiger partial charge in [0.05, 0.1) is 11.0 Å². The number of hydrogen-bond donors (Lipinski definition) is 1. The minimum Gasteiger partial charge on any atom is -0.486 e. The average Bonchev–Trinajstić information content (AvgIpc) is 2.65. The molecule has 1 N–H and O–H groups in total. The van der Waals surface area contributed by atoms with E-state index >= 15 is 0 Å². The zero-order valence-electron chi connectivity index (χ0n) is 13.8. The van der Waals surface area contributed by atoms with E-state index in [1.165, 1.54) is 18.2 Å². The van der Waals surface area contributed by atoms with Gasteiger partial charge < -0.3 is 19.5 Å². The van der Waals surface area contributed by atoms with Crippen LogP contribution < -0.4 is 14.8 Å². The number of nitro benzene ring substituents is 1. The van der Waals surface area contributed by atoms with Crippen molar-refractivity contribution >= 4 is 23.3 Å². The van der Waals surface area contributed by atoms with E-state index in [1.807, 2.05) is 0 Å². The Balaban J connectivity index is 1.70. The second kappa shape index (κ2) is 7.68. The van der Waals surface area contributed by atoms with Gasteiger partial charge >= 0.3 is 5.97 Å². The van der Waals surface area contributed by atoms with Gasteiger partial charge in [0.15, 0.2) is 18.1 Å². The van der Waals surface area contributed by atoms with Gasteiger partial charge in [-0.05, 0) is 18.2 Å². The predicted octanol–water partition coefficient (Wildman–Crippen LogP) is 2.30. The molecule has 0 radical (unpaired) electrons. The molecule has 1 heterocycles. The fourth-order valence-electron chi connectivity index (χ4n) is 2.36. The third-order valence-electron chi connectivity index (χ3n) is 3.52. The number of ether oxygens (including phenoxy) is 3. The summed E-state index contributed by atoms with van der Waals surface area (Å²) in [5.74, 6) is -2.03. The molecule has 3 rings (SSSR count). The highest BCUT2D eigenvalue weighted by Crippen LogP contribution is 2.36. The van der Waals surface area contributed by atoms with E-state index in [1.54, 1.807) is 0 Å². The van der Waals surface area contributed by atoms with Crippen LogP contribution in [-0.4, -0.2) is 36.6 Å². The van der Waals surface area contributed by atoms with Crippen LogP contribution in [0.1, 0.15) is 10.4 Å². The van der Waals surface area contributed by atoms with Crippen LogP contribution >= 0.6 is 0 Å². The first-order valence-corrected chi connectivity index (χ1v) is 7.74. The Morgan fingerprint density at radius 2 is 1.89 bits per heavy atom. The molecule has 2 aromatic rings. The molecular formula is C17H13FN2O7. The number of anilines is 1. The largest absolute Gasteiger partial charge is 0.486 e. The topological polar surface area (TPSA) is 117 Å². The molecule has 0 aliphatic carbocycles. The molecule has 1 aliphatic heterocycles. The SMILES string of the molecule is O=C(COC(=O)c1cc2c(cc1[N+](=O)[O-])OCCO2)Nc1cccc(F)c1. The van der Waals surface area contributed by atoms with Crippen LogP contribution in [0.15, 0.2) is 36.4 Å². The molecule has 1 aliphatic rings. The van der Waals surface area contributed by atoms with Crippen molar-refractivity contribution in [1.29, 1.82) is 0 Å². The summed E-state index contributed by atoms with van der Waals surface area (Å²) < 4.78 is 28.5. The molecule has 27 heavy (non-hydrogen) atoms. The fourth-order valence-corrected chi connectivity index (χ4v) is 2.36. The van der Waals surface area contributed by atoms with Crippen molar-refractivity contribution in [2.45, 2.75) is 0 Å². The lowest BCUT2D eigenvalue weighted by atomic mass is 10.1. The van der Waals surface area contributed by atoms with Gasteiger partial charge in [-0.2, -0.15) is 0 Å². The lowest BCUT2D eigenvalue weighted by Crippen LogP contribution is -2.22. The molecule has 0 saturated heterocycles. The number of nitrogens with one attached hydrogen (secondary N) is 1. The smallest absolute Gasteiger partial charge is 0.345 e. The highest BCUT2D eigenvalue weighted by Gasteiger charge is 2.27. The zero-order valence-corrected chi connectivity index (χ0v) is 13.8. The third kappa shape index (κ3) is 4.29. The molecular weight excluding hydrogens is 363 g/mol. The summed E-state index contributed by atoms with van der Waals surface area (Å²) in [5, 5.41) is 13.6. The molecule has 0 fully saturated rings. The van der Waals surface area contributed by atoms with Gasteiger partial charge in [-0.1, -0.05) is 6.07 Å². The number of rotatable bonds is 5. The maximum atomic E-state index is 13.1. The minimum atomic E-state index is -1.08. The Morgan fingerprint density at radius 1 is 1.19 bits per heavy atom. The number of nitro groups is 1. The fraction of sp³-hybridized carbons (Fsp3) is 0.176. The maximum Gasteiger partial charge on any atom is 0.345 e. The van der Waals surface area contributed by atoms with E-state index in [4.69, 9.17) is 14.2 Å². The summed E-state index contributed by atoms with van der Waals surface area (Å²) >= 11 is 0. The van der Waals surface area contributed by atoms with Crippen molar-refractivity contribution in [1.82, 2.24) is 0 Å². The number of hydrogen-bond acceptors (Lipinski definition) is 7. The van der Waals surface area contributed by atoms with Crippen LogP contribution in [-0.2, 0) is 9.53 Å². The highest BCUT2D eigenvalue weighted by atomic mass is 19.1. The normalized spacial score (nSPS) is 12.2. The first-order valence-electron chi connectivity index (χ1n) is 7.74. The monoisotopic (exact) mass is 376 g/mol. The minimum absolute atomic E-state index is 0.147. The summed E-state index contributed by atoms with van der Waals surface area (Å²) in [6.07, 6.45) is 0. The van der Waals surface area contributed by atoms with Gasteiger partial charge in [-0.3, -0.25) is 14.9 Å². The second-order valence-corrected chi connectivity index (χ2v) is 5.40. The number of nitrogens with zero attached hydrogens (tertiary/aromatic N) is 1. The summed E-state index contributed by atoms with van der Waals surface area (Å²) in [7, 11) is 0. The molecule has 1 amide bonds. The molecule has 0 bridgehead atoms. The number of carbonyl (C=O) groups excluding carboxylic acids is 2. The Bertz CT molecular complexity index is 916. The Labute approximate surface area is 151 Å². The molecule has 10 heteroatoms. The molecule has 0 unspecified atom stereocenters. The zero-order chi connectivity index (χ0) is 19.4. The Kier molecular flexibility index (Phi) is 5.15. The van der Waals surface area contributed by atoms with Crippen LogP contribution in [0.4, 0.5) is 15.8 Å². The number of benzene rings is 2. The highest BCUT2D eigenvalue weighted by molar-refractivity contribution is 5.98. The van der Waals surface area contributed by atoms with Crippen molar-refractivity contribution in [3.05, 3.63) is 57.9 Å².